The number of fused-ring (bicyclic) bond motifs is 2. The quantitative estimate of drug-likeness (QED) is 0.185. The van der Waals surface area contributed by atoms with E-state index < -0.39 is 17.4 Å². The number of aryl methyl sites for hydroxylation is 1. The van der Waals surface area contributed by atoms with Gasteiger partial charge in [0.05, 0.1) is 17.5 Å². The third kappa shape index (κ3) is 3.68. The zero-order valence-electron chi connectivity index (χ0n) is 17.5. The molecule has 0 spiro atoms. The molecule has 1 aromatic carbocycles. The molecule has 2 heterocycles. The first-order chi connectivity index (χ1) is 15.6. The maximum atomic E-state index is 12.5. The molecule has 9 nitrogen and oxygen atoms in total. The first kappa shape index (κ1) is 22.0. The van der Waals surface area contributed by atoms with E-state index in [2.05, 4.69) is 11.8 Å². The number of rotatable bonds is 4. The molecule has 0 unspecified atom stereocenters. The van der Waals surface area contributed by atoms with Gasteiger partial charge in [0.1, 0.15) is 10.8 Å². The molecule has 0 amide bonds. The first-order valence-electron chi connectivity index (χ1n) is 9.59. The molecule has 10 heteroatoms. The summed E-state index contributed by atoms with van der Waals surface area (Å²) in [4.78, 5) is 35.1. The predicted molar refractivity (Wildman–Crippen MR) is 117 cm³/mol. The van der Waals surface area contributed by atoms with Gasteiger partial charge < -0.3 is 28.9 Å². The SMILES string of the molecule is C=[N+](/N=c1/c2ccc(C(=O)[O-])cc2ccn1C)c1ccc(=O)c2cc(C(=O)[O-])c(Cl)n(C)c1-2. The van der Waals surface area contributed by atoms with E-state index in [0.29, 0.717) is 27.6 Å². The number of benzene rings is 2. The molecular formula is C23H16ClN4O5-. The minimum atomic E-state index is -1.50. The van der Waals surface area contributed by atoms with E-state index >= 15 is 0 Å². The second-order valence-corrected chi connectivity index (χ2v) is 7.74. The van der Waals surface area contributed by atoms with Gasteiger partial charge in [-0.1, -0.05) is 22.4 Å². The molecule has 166 valence electrons. The Balaban J connectivity index is 1.98. The Morgan fingerprint density at radius 1 is 1.06 bits per heavy atom. The number of carboxylic acids is 2. The molecule has 0 saturated carbocycles. The van der Waals surface area contributed by atoms with Crippen molar-refractivity contribution in [3.8, 4) is 11.3 Å². The molecule has 33 heavy (non-hydrogen) atoms. The summed E-state index contributed by atoms with van der Waals surface area (Å²) in [5.74, 6) is -2.79. The average molecular weight is 464 g/mol. The zero-order chi connectivity index (χ0) is 24.0. The fraction of sp³-hybridized carbons (Fsp3) is 0.0870. The monoisotopic (exact) mass is 463 g/mol. The van der Waals surface area contributed by atoms with E-state index in [1.807, 2.05) is 0 Å². The highest BCUT2D eigenvalue weighted by Crippen LogP contribution is 2.33. The molecular weight excluding hydrogens is 448 g/mol. The fourth-order valence-corrected chi connectivity index (χ4v) is 3.90. The van der Waals surface area contributed by atoms with Gasteiger partial charge in [-0.3, -0.25) is 4.79 Å². The summed E-state index contributed by atoms with van der Waals surface area (Å²) in [6, 6.07) is 10.2. The molecule has 1 aromatic heterocycles. The first-order valence-corrected chi connectivity index (χ1v) is 9.97. The van der Waals surface area contributed by atoms with Crippen LogP contribution in [-0.4, -0.2) is 32.5 Å². The summed E-state index contributed by atoms with van der Waals surface area (Å²) >= 11 is 6.21. The lowest BCUT2D eigenvalue weighted by atomic mass is 10.0. The molecule has 4 rings (SSSR count). The topological polar surface area (TPSA) is 123 Å². The van der Waals surface area contributed by atoms with Crippen LogP contribution in [0.25, 0.3) is 22.0 Å². The smallest absolute Gasteiger partial charge is 0.261 e. The molecule has 0 saturated heterocycles. The molecule has 2 aliphatic rings. The van der Waals surface area contributed by atoms with E-state index in [-0.39, 0.29) is 21.8 Å². The Morgan fingerprint density at radius 3 is 2.45 bits per heavy atom. The van der Waals surface area contributed by atoms with Crippen LogP contribution in [0.1, 0.15) is 20.7 Å². The molecule has 0 bridgehead atoms. The second kappa shape index (κ2) is 8.03. The number of carbonyl (C=O) groups is 2. The summed E-state index contributed by atoms with van der Waals surface area (Å²) < 4.78 is 4.38. The molecule has 1 aliphatic heterocycles. The third-order valence-corrected chi connectivity index (χ3v) is 5.81. The molecule has 0 fully saturated rings. The maximum Gasteiger partial charge on any atom is 0.261 e. The Labute approximate surface area is 191 Å². The van der Waals surface area contributed by atoms with E-state index in [1.165, 1.54) is 46.6 Å². The fourth-order valence-electron chi connectivity index (χ4n) is 3.68. The highest BCUT2D eigenvalue weighted by Gasteiger charge is 2.25. The van der Waals surface area contributed by atoms with Crippen LogP contribution < -0.4 is 21.1 Å². The van der Waals surface area contributed by atoms with Gasteiger partial charge in [-0.15, -0.1) is 0 Å². The number of hydrogen-bond acceptors (Lipinski definition) is 6. The normalized spacial score (nSPS) is 11.8. The Morgan fingerprint density at radius 2 is 1.79 bits per heavy atom. The van der Waals surface area contributed by atoms with Gasteiger partial charge in [-0.2, -0.15) is 0 Å². The maximum absolute atomic E-state index is 12.5. The summed E-state index contributed by atoms with van der Waals surface area (Å²) in [5.41, 5.74) is 0.632. The van der Waals surface area contributed by atoms with Gasteiger partial charge in [0, 0.05) is 42.4 Å². The summed E-state index contributed by atoms with van der Waals surface area (Å²) in [7, 11) is 3.29. The van der Waals surface area contributed by atoms with Crippen molar-refractivity contribution < 1.29 is 24.5 Å². The second-order valence-electron chi connectivity index (χ2n) is 7.38. The highest BCUT2D eigenvalue weighted by atomic mass is 35.5. The zero-order valence-corrected chi connectivity index (χ0v) is 18.3. The summed E-state index contributed by atoms with van der Waals surface area (Å²) in [6.07, 6.45) is 1.72. The van der Waals surface area contributed by atoms with Gasteiger partial charge in [0.2, 0.25) is 5.49 Å². The van der Waals surface area contributed by atoms with Gasteiger partial charge in [0.25, 0.3) is 5.69 Å². The van der Waals surface area contributed by atoms with E-state index in [0.717, 1.165) is 0 Å². The Bertz CT molecular complexity index is 1600. The van der Waals surface area contributed by atoms with Crippen LogP contribution in [0.5, 0.6) is 0 Å². The van der Waals surface area contributed by atoms with Gasteiger partial charge >= 0.3 is 0 Å². The van der Waals surface area contributed by atoms with Crippen LogP contribution in [0.4, 0.5) is 5.69 Å². The van der Waals surface area contributed by atoms with E-state index in [1.54, 1.807) is 29.9 Å². The number of hydrogen-bond donors (Lipinski definition) is 0. The van der Waals surface area contributed by atoms with Crippen LogP contribution in [0.2, 0.25) is 5.15 Å². The largest absolute Gasteiger partial charge is 0.545 e. The van der Waals surface area contributed by atoms with Crippen molar-refractivity contribution in [2.24, 2.45) is 19.2 Å². The standard InChI is InChI=1S/C23H17ClN4O5/c1-26-9-8-12-10-13(22(30)31)4-5-14(12)21(26)25-28(3)17-6-7-18(29)15-11-16(23(32)33)20(24)27(2)19(15)17/h4-11H,3H2,1-2H3,(H-,30,31,32,33)/p-1/b25-21-. The van der Waals surface area contributed by atoms with Gasteiger partial charge in [0.15, 0.2) is 12.1 Å². The molecule has 0 atom stereocenters. The van der Waals surface area contributed by atoms with E-state index in [4.69, 9.17) is 11.6 Å². The minimum Gasteiger partial charge on any atom is -0.545 e. The lowest BCUT2D eigenvalue weighted by Crippen LogP contribution is -2.26. The highest BCUT2D eigenvalue weighted by molar-refractivity contribution is 6.32. The van der Waals surface area contributed by atoms with Crippen molar-refractivity contribution in [2.45, 2.75) is 0 Å². The van der Waals surface area contributed by atoms with Crippen molar-refractivity contribution in [2.75, 3.05) is 0 Å². The predicted octanol–water partition coefficient (Wildman–Crippen LogP) is 0.223. The molecule has 0 radical (unpaired) electrons. The van der Waals surface area contributed by atoms with Gasteiger partial charge in [-0.05, 0) is 41.3 Å². The number of pyridine rings is 2. The van der Waals surface area contributed by atoms with E-state index in [9.17, 15) is 24.6 Å². The van der Waals surface area contributed by atoms with Crippen molar-refractivity contribution in [1.29, 1.82) is 0 Å². The lowest BCUT2D eigenvalue weighted by molar-refractivity contribution is -0.441. The van der Waals surface area contributed by atoms with Crippen LogP contribution in [0.3, 0.4) is 0 Å². The number of carbonyl (C=O) groups excluding carboxylic acids is 2. The number of carboxylic acid groups (broad SMARTS) is 2. The average Bonchev–Trinajstić information content (AvgIpc) is 2.77. The number of aromatic nitrogens is 2. The molecule has 2 aromatic rings. The number of halogens is 1. The van der Waals surface area contributed by atoms with Crippen molar-refractivity contribution >= 4 is 46.7 Å². The van der Waals surface area contributed by atoms with Gasteiger partial charge in [-0.25, -0.2) is 0 Å². The number of nitrogens with zero attached hydrogens (tertiary/aromatic N) is 4. The lowest BCUT2D eigenvalue weighted by Gasteiger charge is -2.17. The summed E-state index contributed by atoms with van der Waals surface area (Å²) in [5, 5.41) is 28.4. The van der Waals surface area contributed by atoms with Crippen LogP contribution >= 0.6 is 11.6 Å². The Hall–Kier alpha value is -4.24. The third-order valence-electron chi connectivity index (χ3n) is 5.35. The Kier molecular flexibility index (Phi) is 5.35. The van der Waals surface area contributed by atoms with Crippen molar-refractivity contribution in [3.63, 3.8) is 0 Å². The minimum absolute atomic E-state index is 0.0382. The van der Waals surface area contributed by atoms with Crippen LogP contribution in [-0.2, 0) is 14.1 Å². The molecule has 0 N–H and O–H groups in total. The molecule has 1 aliphatic carbocycles. The van der Waals surface area contributed by atoms with Crippen LogP contribution in [0, 0.1) is 0 Å². The van der Waals surface area contributed by atoms with Crippen molar-refractivity contribution in [3.05, 3.63) is 80.7 Å². The van der Waals surface area contributed by atoms with Crippen LogP contribution in [0.15, 0.2) is 58.6 Å². The number of aromatic carboxylic acids is 2. The van der Waals surface area contributed by atoms with Crippen molar-refractivity contribution in [1.82, 2.24) is 9.13 Å². The summed E-state index contributed by atoms with van der Waals surface area (Å²) in [6.45, 7) is 3.97.